The molecule has 2 N–H and O–H groups in total. The van der Waals surface area contributed by atoms with Crippen molar-refractivity contribution in [3.05, 3.63) is 81.7 Å². The SMILES string of the molecule is Cc1nn(C)c2c1C(C(=O)Nc1ccc3c(c1)CCC(=O)N3)N(C(=O)/C=C/c1c(-n3cnnn3)ccc(Cl)c1F)CC2. The van der Waals surface area contributed by atoms with Gasteiger partial charge in [0.1, 0.15) is 12.4 Å². The number of benzene rings is 2. The molecule has 1 unspecified atom stereocenters. The summed E-state index contributed by atoms with van der Waals surface area (Å²) in [5.41, 5.74) is 4.60. The number of aromatic nitrogens is 6. The Hall–Kier alpha value is -4.91. The van der Waals surface area contributed by atoms with Crippen LogP contribution in [0.25, 0.3) is 11.8 Å². The number of amides is 3. The number of halogens is 2. The average Bonchev–Trinajstić information content (AvgIpc) is 3.61. The fraction of sp³-hybridized carbons (Fsp3) is 0.250. The van der Waals surface area contributed by atoms with Crippen LogP contribution in [0.3, 0.4) is 0 Å². The van der Waals surface area contributed by atoms with E-state index in [2.05, 4.69) is 31.3 Å². The number of fused-ring (bicyclic) bond motifs is 2. The molecule has 0 bridgehead atoms. The van der Waals surface area contributed by atoms with Gasteiger partial charge in [-0.1, -0.05) is 11.6 Å². The Bertz CT molecular complexity index is 1770. The van der Waals surface area contributed by atoms with Crippen molar-refractivity contribution in [3.63, 3.8) is 0 Å². The molecule has 0 fully saturated rings. The third-order valence-electron chi connectivity index (χ3n) is 7.46. The Labute approximate surface area is 244 Å². The van der Waals surface area contributed by atoms with Crippen molar-refractivity contribution in [1.29, 1.82) is 0 Å². The van der Waals surface area contributed by atoms with Crippen molar-refractivity contribution < 1.29 is 18.8 Å². The third-order valence-corrected chi connectivity index (χ3v) is 7.76. The second-order valence-corrected chi connectivity index (χ2v) is 10.5. The number of hydrogen-bond donors (Lipinski definition) is 2. The van der Waals surface area contributed by atoms with Crippen molar-refractivity contribution in [3.8, 4) is 5.69 Å². The van der Waals surface area contributed by atoms with Crippen LogP contribution in [-0.2, 0) is 34.3 Å². The Morgan fingerprint density at radius 3 is 2.81 bits per heavy atom. The molecule has 14 heteroatoms. The number of carbonyl (C=O) groups is 3. The highest BCUT2D eigenvalue weighted by molar-refractivity contribution is 6.31. The topological polar surface area (TPSA) is 140 Å². The number of rotatable bonds is 5. The maximum Gasteiger partial charge on any atom is 0.251 e. The van der Waals surface area contributed by atoms with E-state index in [1.807, 2.05) is 6.07 Å². The average molecular weight is 590 g/mol. The molecular weight excluding hydrogens is 565 g/mol. The van der Waals surface area contributed by atoms with Gasteiger partial charge in [0.15, 0.2) is 5.82 Å². The molecule has 2 aromatic carbocycles. The number of aryl methyl sites for hydroxylation is 3. The van der Waals surface area contributed by atoms with Gasteiger partial charge in [0, 0.05) is 60.7 Å². The van der Waals surface area contributed by atoms with Gasteiger partial charge in [-0.05, 0) is 65.7 Å². The molecule has 214 valence electrons. The summed E-state index contributed by atoms with van der Waals surface area (Å²) in [5.74, 6) is -1.71. The second-order valence-electron chi connectivity index (χ2n) is 10.0. The van der Waals surface area contributed by atoms with E-state index in [1.54, 1.807) is 36.9 Å². The van der Waals surface area contributed by atoms with Crippen molar-refractivity contribution in [2.45, 2.75) is 32.2 Å². The smallest absolute Gasteiger partial charge is 0.251 e. The first-order valence-electron chi connectivity index (χ1n) is 13.2. The lowest BCUT2D eigenvalue weighted by Crippen LogP contribution is -2.45. The van der Waals surface area contributed by atoms with Gasteiger partial charge < -0.3 is 15.5 Å². The largest absolute Gasteiger partial charge is 0.326 e. The quantitative estimate of drug-likeness (QED) is 0.341. The standard InChI is InChI=1S/C28H25ClFN9O3/c1-15-25-22(37(2)34-15)11-12-38(27(25)28(42)32-17-4-7-20-16(13-17)3-9-23(40)33-20)24(41)10-5-18-21(39-14-31-35-36-39)8-6-19(29)26(18)30/h4-8,10,13-14,27H,3,9,11-12H2,1-2H3,(H,32,42)(H,33,40)/b10-5+. The first kappa shape index (κ1) is 27.3. The zero-order valence-electron chi connectivity index (χ0n) is 22.6. The molecule has 12 nitrogen and oxygen atoms in total. The molecular formula is C28H25ClFN9O3. The molecule has 6 rings (SSSR count). The van der Waals surface area contributed by atoms with Crippen molar-refractivity contribution >= 4 is 46.8 Å². The predicted octanol–water partition coefficient (Wildman–Crippen LogP) is 3.16. The number of tetrazole rings is 1. The molecule has 2 aliphatic heterocycles. The molecule has 42 heavy (non-hydrogen) atoms. The minimum atomic E-state index is -0.987. The van der Waals surface area contributed by atoms with E-state index in [0.717, 1.165) is 11.3 Å². The minimum Gasteiger partial charge on any atom is -0.326 e. The Morgan fingerprint density at radius 2 is 2.02 bits per heavy atom. The molecule has 0 spiro atoms. The van der Waals surface area contributed by atoms with E-state index in [-0.39, 0.29) is 28.7 Å². The number of hydrogen-bond acceptors (Lipinski definition) is 7. The second kappa shape index (κ2) is 10.8. The van der Waals surface area contributed by atoms with E-state index in [9.17, 15) is 14.4 Å². The third kappa shape index (κ3) is 4.91. The monoisotopic (exact) mass is 589 g/mol. The lowest BCUT2D eigenvalue weighted by Gasteiger charge is -2.34. The highest BCUT2D eigenvalue weighted by Crippen LogP contribution is 2.34. The zero-order valence-corrected chi connectivity index (χ0v) is 23.4. The van der Waals surface area contributed by atoms with Crippen molar-refractivity contribution in [1.82, 2.24) is 34.9 Å². The summed E-state index contributed by atoms with van der Waals surface area (Å²) < 4.78 is 18.1. The molecule has 1 atom stereocenters. The molecule has 4 heterocycles. The van der Waals surface area contributed by atoms with E-state index in [0.29, 0.717) is 41.9 Å². The van der Waals surface area contributed by atoms with Gasteiger partial charge in [-0.15, -0.1) is 5.10 Å². The Balaban J connectivity index is 1.32. The van der Waals surface area contributed by atoms with E-state index in [1.165, 1.54) is 34.1 Å². The van der Waals surface area contributed by atoms with Crippen LogP contribution in [0.5, 0.6) is 0 Å². The Morgan fingerprint density at radius 1 is 1.19 bits per heavy atom. The molecule has 0 aliphatic carbocycles. The zero-order chi connectivity index (χ0) is 29.5. The number of nitrogens with one attached hydrogen (secondary N) is 2. The summed E-state index contributed by atoms with van der Waals surface area (Å²) in [4.78, 5) is 40.7. The summed E-state index contributed by atoms with van der Waals surface area (Å²) in [6.07, 6.45) is 5.22. The molecule has 2 aliphatic rings. The molecule has 0 saturated heterocycles. The molecule has 4 aromatic rings. The highest BCUT2D eigenvalue weighted by atomic mass is 35.5. The van der Waals surface area contributed by atoms with Crippen molar-refractivity contribution in [2.24, 2.45) is 7.05 Å². The maximum absolute atomic E-state index is 15.1. The van der Waals surface area contributed by atoms with Gasteiger partial charge in [0.25, 0.3) is 5.91 Å². The summed E-state index contributed by atoms with van der Waals surface area (Å²) in [7, 11) is 1.80. The lowest BCUT2D eigenvalue weighted by molar-refractivity contribution is -0.135. The van der Waals surface area contributed by atoms with Crippen LogP contribution in [0.1, 0.15) is 40.5 Å². The summed E-state index contributed by atoms with van der Waals surface area (Å²) >= 11 is 6.03. The van der Waals surface area contributed by atoms with Gasteiger partial charge >= 0.3 is 0 Å². The normalized spacial score (nSPS) is 16.2. The van der Waals surface area contributed by atoms with Gasteiger partial charge in [-0.3, -0.25) is 19.1 Å². The van der Waals surface area contributed by atoms with Gasteiger partial charge in [0.2, 0.25) is 11.8 Å². The van der Waals surface area contributed by atoms with Crippen LogP contribution in [0.4, 0.5) is 15.8 Å². The first-order chi connectivity index (χ1) is 20.2. The van der Waals surface area contributed by atoms with E-state index in [4.69, 9.17) is 11.6 Å². The molecule has 2 aromatic heterocycles. The number of anilines is 2. The Kier molecular flexibility index (Phi) is 7.02. The molecule has 3 amide bonds. The summed E-state index contributed by atoms with van der Waals surface area (Å²) in [6, 6.07) is 7.20. The van der Waals surface area contributed by atoms with Crippen LogP contribution >= 0.6 is 11.6 Å². The number of carbonyl (C=O) groups excluding carboxylic acids is 3. The summed E-state index contributed by atoms with van der Waals surface area (Å²) in [5, 5.41) is 21.1. The maximum atomic E-state index is 15.1. The van der Waals surface area contributed by atoms with Gasteiger partial charge in [-0.2, -0.15) is 9.78 Å². The molecule has 0 saturated carbocycles. The fourth-order valence-corrected chi connectivity index (χ4v) is 5.67. The lowest BCUT2D eigenvalue weighted by atomic mass is 9.95. The minimum absolute atomic E-state index is 0.0144. The van der Waals surface area contributed by atoms with Gasteiger partial charge in [-0.25, -0.2) is 4.39 Å². The van der Waals surface area contributed by atoms with Crippen LogP contribution in [0, 0.1) is 12.7 Å². The number of nitrogens with zero attached hydrogens (tertiary/aromatic N) is 7. The fourth-order valence-electron chi connectivity index (χ4n) is 5.50. The predicted molar refractivity (Wildman–Crippen MR) is 151 cm³/mol. The van der Waals surface area contributed by atoms with Gasteiger partial charge in [0.05, 0.1) is 16.4 Å². The van der Waals surface area contributed by atoms with E-state index >= 15 is 4.39 Å². The highest BCUT2D eigenvalue weighted by Gasteiger charge is 2.39. The van der Waals surface area contributed by atoms with Crippen LogP contribution in [0.2, 0.25) is 5.02 Å². The van der Waals surface area contributed by atoms with Crippen LogP contribution in [-0.4, -0.2) is 59.2 Å². The molecule has 0 radical (unpaired) electrons. The van der Waals surface area contributed by atoms with Crippen LogP contribution in [0.15, 0.2) is 42.7 Å². The van der Waals surface area contributed by atoms with Crippen LogP contribution < -0.4 is 10.6 Å². The van der Waals surface area contributed by atoms with Crippen molar-refractivity contribution in [2.75, 3.05) is 17.2 Å². The summed E-state index contributed by atoms with van der Waals surface area (Å²) in [6.45, 7) is 2.03. The van der Waals surface area contributed by atoms with E-state index < -0.39 is 23.7 Å². The first-order valence-corrected chi connectivity index (χ1v) is 13.5.